The minimum Gasteiger partial charge on any atom is -0.370 e. The second kappa shape index (κ2) is 9.87. The second-order valence-corrected chi connectivity index (χ2v) is 9.24. The van der Waals surface area contributed by atoms with Crippen molar-refractivity contribution in [3.8, 4) is 0 Å². The van der Waals surface area contributed by atoms with Gasteiger partial charge in [0.2, 0.25) is 11.8 Å². The Hall–Kier alpha value is -3.35. The standard InChI is InChI=1S/C27H34N4O3/c1-4-29(22-12-7-5-10-20(22)2)19-17-28-24(32)14-9-18-30-26(34)21-11-6-8-13-23(21)31-25(33)15-16-27(30,31)3/h5-8,10-13H,4,9,14-19H2,1-3H3,(H,28,32). The quantitative estimate of drug-likeness (QED) is 0.617. The highest BCUT2D eigenvalue weighted by atomic mass is 16.2. The Balaban J connectivity index is 1.32. The number of likely N-dealkylation sites (N-methyl/N-ethyl adjacent to an activating group) is 1. The maximum Gasteiger partial charge on any atom is 0.257 e. The summed E-state index contributed by atoms with van der Waals surface area (Å²) in [5.74, 6) is -0.0456. The number of hydrogen-bond acceptors (Lipinski definition) is 4. The molecule has 1 N–H and O–H groups in total. The maximum absolute atomic E-state index is 13.3. The van der Waals surface area contributed by atoms with Crippen LogP contribution in [0.15, 0.2) is 48.5 Å². The number of aryl methyl sites for hydroxylation is 1. The molecule has 34 heavy (non-hydrogen) atoms. The summed E-state index contributed by atoms with van der Waals surface area (Å²) in [7, 11) is 0. The Morgan fingerprint density at radius 1 is 1.12 bits per heavy atom. The fourth-order valence-corrected chi connectivity index (χ4v) is 5.23. The number of carbonyl (C=O) groups is 3. The first-order chi connectivity index (χ1) is 16.4. The lowest BCUT2D eigenvalue weighted by Gasteiger charge is -2.48. The third kappa shape index (κ3) is 4.39. The van der Waals surface area contributed by atoms with Crippen molar-refractivity contribution in [1.29, 1.82) is 0 Å². The van der Waals surface area contributed by atoms with Crippen LogP contribution in [0.5, 0.6) is 0 Å². The number of hydrogen-bond donors (Lipinski definition) is 1. The number of rotatable bonds is 9. The molecule has 2 aromatic carbocycles. The van der Waals surface area contributed by atoms with E-state index in [-0.39, 0.29) is 17.7 Å². The summed E-state index contributed by atoms with van der Waals surface area (Å²) >= 11 is 0. The number of fused-ring (bicyclic) bond motifs is 3. The van der Waals surface area contributed by atoms with E-state index in [0.29, 0.717) is 50.0 Å². The number of para-hydroxylation sites is 2. The van der Waals surface area contributed by atoms with E-state index in [1.54, 1.807) is 15.9 Å². The summed E-state index contributed by atoms with van der Waals surface area (Å²) in [6.45, 7) is 8.77. The van der Waals surface area contributed by atoms with Gasteiger partial charge in [0.25, 0.3) is 5.91 Å². The van der Waals surface area contributed by atoms with Gasteiger partial charge in [-0.1, -0.05) is 30.3 Å². The highest BCUT2D eigenvalue weighted by molar-refractivity contribution is 6.10. The van der Waals surface area contributed by atoms with Gasteiger partial charge in [0.15, 0.2) is 0 Å². The predicted octanol–water partition coefficient (Wildman–Crippen LogP) is 3.72. The SMILES string of the molecule is CCN(CCNC(=O)CCCN1C(=O)c2ccccc2N2C(=O)CCC12C)c1ccccc1C. The van der Waals surface area contributed by atoms with Crippen molar-refractivity contribution in [2.75, 3.05) is 36.0 Å². The predicted molar refractivity (Wildman–Crippen MR) is 134 cm³/mol. The molecule has 7 nitrogen and oxygen atoms in total. The van der Waals surface area contributed by atoms with Gasteiger partial charge in [0.1, 0.15) is 5.66 Å². The average molecular weight is 463 g/mol. The van der Waals surface area contributed by atoms with Crippen molar-refractivity contribution in [3.63, 3.8) is 0 Å². The molecule has 0 aliphatic carbocycles. The normalized spacial score (nSPS) is 19.1. The van der Waals surface area contributed by atoms with Crippen molar-refractivity contribution < 1.29 is 14.4 Å². The van der Waals surface area contributed by atoms with Crippen LogP contribution in [-0.2, 0) is 9.59 Å². The zero-order valence-corrected chi connectivity index (χ0v) is 20.3. The molecule has 2 aliphatic rings. The van der Waals surface area contributed by atoms with E-state index in [9.17, 15) is 14.4 Å². The van der Waals surface area contributed by atoms with Crippen LogP contribution in [0.4, 0.5) is 11.4 Å². The van der Waals surface area contributed by atoms with E-state index in [1.165, 1.54) is 11.3 Å². The fourth-order valence-electron chi connectivity index (χ4n) is 5.23. The molecule has 2 aliphatic heterocycles. The van der Waals surface area contributed by atoms with Crippen LogP contribution in [0.25, 0.3) is 0 Å². The lowest BCUT2D eigenvalue weighted by atomic mass is 9.98. The van der Waals surface area contributed by atoms with Crippen molar-refractivity contribution in [2.45, 2.75) is 52.1 Å². The van der Waals surface area contributed by atoms with E-state index in [4.69, 9.17) is 0 Å². The molecule has 0 aromatic heterocycles. The van der Waals surface area contributed by atoms with E-state index >= 15 is 0 Å². The highest BCUT2D eigenvalue weighted by Crippen LogP contribution is 2.44. The van der Waals surface area contributed by atoms with Crippen LogP contribution < -0.4 is 15.1 Å². The molecule has 0 saturated carbocycles. The van der Waals surface area contributed by atoms with Crippen LogP contribution in [0.1, 0.15) is 55.5 Å². The Bertz CT molecular complexity index is 1090. The van der Waals surface area contributed by atoms with Crippen molar-refractivity contribution in [1.82, 2.24) is 10.2 Å². The van der Waals surface area contributed by atoms with Crippen LogP contribution in [0.3, 0.4) is 0 Å². The van der Waals surface area contributed by atoms with Gasteiger partial charge in [0.05, 0.1) is 11.3 Å². The smallest absolute Gasteiger partial charge is 0.257 e. The van der Waals surface area contributed by atoms with Gasteiger partial charge in [0, 0.05) is 44.7 Å². The molecule has 3 amide bonds. The largest absolute Gasteiger partial charge is 0.370 e. The summed E-state index contributed by atoms with van der Waals surface area (Å²) in [5, 5.41) is 3.02. The van der Waals surface area contributed by atoms with Gasteiger partial charge in [-0.3, -0.25) is 19.3 Å². The number of carbonyl (C=O) groups excluding carboxylic acids is 3. The Morgan fingerprint density at radius 2 is 1.85 bits per heavy atom. The summed E-state index contributed by atoms with van der Waals surface area (Å²) in [4.78, 5) is 44.2. The number of nitrogens with one attached hydrogen (secondary N) is 1. The molecule has 180 valence electrons. The molecular formula is C27H34N4O3. The minimum atomic E-state index is -0.672. The van der Waals surface area contributed by atoms with E-state index in [1.807, 2.05) is 37.3 Å². The third-order valence-corrected chi connectivity index (χ3v) is 7.07. The molecule has 0 bridgehead atoms. The molecule has 7 heteroatoms. The number of benzene rings is 2. The molecule has 2 aromatic rings. The lowest BCUT2D eigenvalue weighted by molar-refractivity contribution is -0.121. The first-order valence-electron chi connectivity index (χ1n) is 12.2. The van der Waals surface area contributed by atoms with Crippen molar-refractivity contribution >= 4 is 29.1 Å². The first-order valence-corrected chi connectivity index (χ1v) is 12.2. The van der Waals surface area contributed by atoms with Gasteiger partial charge < -0.3 is 15.1 Å². The molecular weight excluding hydrogens is 428 g/mol. The highest BCUT2D eigenvalue weighted by Gasteiger charge is 2.52. The molecule has 2 heterocycles. The van der Waals surface area contributed by atoms with Gasteiger partial charge in [-0.05, 0) is 57.4 Å². The van der Waals surface area contributed by atoms with Gasteiger partial charge in [-0.15, -0.1) is 0 Å². The summed E-state index contributed by atoms with van der Waals surface area (Å²) in [5.41, 5.74) is 2.98. The van der Waals surface area contributed by atoms with Crippen LogP contribution in [0, 0.1) is 6.92 Å². The molecule has 4 rings (SSSR count). The van der Waals surface area contributed by atoms with E-state index in [2.05, 4.69) is 36.2 Å². The Labute approximate surface area is 201 Å². The third-order valence-electron chi connectivity index (χ3n) is 7.07. The van der Waals surface area contributed by atoms with Gasteiger partial charge in [-0.25, -0.2) is 0 Å². The maximum atomic E-state index is 13.3. The van der Waals surface area contributed by atoms with Crippen molar-refractivity contribution in [2.24, 2.45) is 0 Å². The monoisotopic (exact) mass is 462 g/mol. The topological polar surface area (TPSA) is 73.0 Å². The second-order valence-electron chi connectivity index (χ2n) is 9.24. The molecule has 1 fully saturated rings. The summed E-state index contributed by atoms with van der Waals surface area (Å²) in [6.07, 6.45) is 1.91. The molecule has 1 unspecified atom stereocenters. The van der Waals surface area contributed by atoms with Crippen LogP contribution in [0.2, 0.25) is 0 Å². The zero-order chi connectivity index (χ0) is 24.3. The van der Waals surface area contributed by atoms with E-state index < -0.39 is 5.66 Å². The molecule has 0 radical (unpaired) electrons. The minimum absolute atomic E-state index is 0.0183. The average Bonchev–Trinajstić information content (AvgIpc) is 3.14. The van der Waals surface area contributed by atoms with Crippen LogP contribution >= 0.6 is 0 Å². The summed E-state index contributed by atoms with van der Waals surface area (Å²) in [6, 6.07) is 15.6. The van der Waals surface area contributed by atoms with Crippen molar-refractivity contribution in [3.05, 3.63) is 59.7 Å². The van der Waals surface area contributed by atoms with Gasteiger partial charge >= 0.3 is 0 Å². The molecule has 1 saturated heterocycles. The van der Waals surface area contributed by atoms with Crippen LogP contribution in [-0.4, -0.2) is 54.5 Å². The number of amides is 3. The fraction of sp³-hybridized carbons (Fsp3) is 0.444. The molecule has 0 spiro atoms. The summed E-state index contributed by atoms with van der Waals surface area (Å²) < 4.78 is 0. The zero-order valence-electron chi connectivity index (χ0n) is 20.3. The number of anilines is 2. The first kappa shape index (κ1) is 23.8. The Morgan fingerprint density at radius 3 is 2.62 bits per heavy atom. The van der Waals surface area contributed by atoms with Gasteiger partial charge in [-0.2, -0.15) is 0 Å². The Kier molecular flexibility index (Phi) is 6.91. The lowest BCUT2D eigenvalue weighted by Crippen LogP contribution is -2.62. The van der Waals surface area contributed by atoms with E-state index in [0.717, 1.165) is 13.1 Å². The number of nitrogens with zero attached hydrogens (tertiary/aromatic N) is 3. The molecule has 1 atom stereocenters.